The number of hydrogen-bond acceptors (Lipinski definition) is 6. The number of nitrogens with one attached hydrogen (secondary N) is 1. The van der Waals surface area contributed by atoms with Crippen LogP contribution in [0.15, 0.2) is 23.0 Å². The first-order valence-corrected chi connectivity index (χ1v) is 10.0. The molecule has 2 aromatic rings. The highest BCUT2D eigenvalue weighted by Crippen LogP contribution is 2.35. The molecule has 3 atom stereocenters. The number of likely N-dealkylation sites (tertiary alicyclic amines) is 1. The van der Waals surface area contributed by atoms with Crippen LogP contribution in [0.2, 0.25) is 0 Å². The Bertz CT molecular complexity index is 701. The summed E-state index contributed by atoms with van der Waals surface area (Å²) >= 11 is 3.37. The third-order valence-corrected chi connectivity index (χ3v) is 6.74. The number of nitrogens with zero attached hydrogens (tertiary/aromatic N) is 2. The molecule has 2 aromatic heterocycles. The largest absolute Gasteiger partial charge is 0.376 e. The van der Waals surface area contributed by atoms with Crippen molar-refractivity contribution in [1.29, 1.82) is 0 Å². The van der Waals surface area contributed by atoms with Crippen molar-refractivity contribution in [3.8, 4) is 0 Å². The molecule has 2 aliphatic heterocycles. The molecule has 24 heavy (non-hydrogen) atoms. The van der Waals surface area contributed by atoms with Gasteiger partial charge in [0.25, 0.3) is 0 Å². The summed E-state index contributed by atoms with van der Waals surface area (Å²) in [4.78, 5) is 21.9. The number of fused-ring (bicyclic) bond motifs is 1. The number of hydrogen-bond donors (Lipinski definition) is 1. The van der Waals surface area contributed by atoms with Crippen LogP contribution in [0.5, 0.6) is 0 Å². The number of amides is 1. The Balaban J connectivity index is 1.42. The van der Waals surface area contributed by atoms with Crippen LogP contribution < -0.4 is 5.32 Å². The van der Waals surface area contributed by atoms with E-state index in [9.17, 15) is 4.79 Å². The summed E-state index contributed by atoms with van der Waals surface area (Å²) in [5.41, 5.74) is 3.00. The van der Waals surface area contributed by atoms with E-state index in [-0.39, 0.29) is 17.9 Å². The first kappa shape index (κ1) is 16.2. The SMILES string of the molecule is Cc1ncsc1CN1C[C@H](C(=O)NCc2cccs2)[C@H]2OCC[C@H]21. The molecule has 7 heteroatoms. The molecule has 0 aromatic carbocycles. The van der Waals surface area contributed by atoms with Gasteiger partial charge in [-0.1, -0.05) is 6.07 Å². The van der Waals surface area contributed by atoms with E-state index in [1.165, 1.54) is 9.75 Å². The maximum Gasteiger partial charge on any atom is 0.227 e. The van der Waals surface area contributed by atoms with Gasteiger partial charge in [-0.25, -0.2) is 4.98 Å². The molecule has 128 valence electrons. The van der Waals surface area contributed by atoms with Crippen molar-refractivity contribution in [2.45, 2.75) is 38.6 Å². The highest BCUT2D eigenvalue weighted by Gasteiger charge is 2.48. The number of carbonyl (C=O) groups is 1. The van der Waals surface area contributed by atoms with Crippen LogP contribution >= 0.6 is 22.7 Å². The maximum atomic E-state index is 12.7. The van der Waals surface area contributed by atoms with E-state index < -0.39 is 0 Å². The van der Waals surface area contributed by atoms with Gasteiger partial charge in [0.05, 0.1) is 29.8 Å². The van der Waals surface area contributed by atoms with Crippen LogP contribution in [-0.2, 0) is 22.6 Å². The molecule has 0 saturated carbocycles. The van der Waals surface area contributed by atoms with Crippen LogP contribution in [0.25, 0.3) is 0 Å². The number of carbonyl (C=O) groups excluding carboxylic acids is 1. The lowest BCUT2D eigenvalue weighted by atomic mass is 10.0. The molecule has 4 rings (SSSR count). The van der Waals surface area contributed by atoms with E-state index in [0.717, 1.165) is 31.8 Å². The van der Waals surface area contributed by atoms with E-state index in [4.69, 9.17) is 4.74 Å². The van der Waals surface area contributed by atoms with Gasteiger partial charge in [0.2, 0.25) is 5.91 Å². The van der Waals surface area contributed by atoms with Gasteiger partial charge in [0.15, 0.2) is 0 Å². The topological polar surface area (TPSA) is 54.5 Å². The maximum absolute atomic E-state index is 12.7. The van der Waals surface area contributed by atoms with E-state index >= 15 is 0 Å². The van der Waals surface area contributed by atoms with Crippen molar-refractivity contribution in [2.24, 2.45) is 5.92 Å². The normalized spacial score (nSPS) is 26.6. The minimum Gasteiger partial charge on any atom is -0.376 e. The van der Waals surface area contributed by atoms with Gasteiger partial charge in [-0.15, -0.1) is 22.7 Å². The highest BCUT2D eigenvalue weighted by atomic mass is 32.1. The quantitative estimate of drug-likeness (QED) is 0.886. The number of aromatic nitrogens is 1. The van der Waals surface area contributed by atoms with Gasteiger partial charge < -0.3 is 10.1 Å². The van der Waals surface area contributed by atoms with Crippen molar-refractivity contribution in [3.63, 3.8) is 0 Å². The second-order valence-electron chi connectivity index (χ2n) is 6.39. The molecule has 5 nitrogen and oxygen atoms in total. The standard InChI is InChI=1S/C17H21N3O2S2/c1-11-15(24-10-19-11)9-20-8-13(16-14(20)4-5-22-16)17(21)18-7-12-3-2-6-23-12/h2-3,6,10,13-14,16H,4-5,7-9H2,1H3,(H,18,21)/t13-,14+,16+/m0/s1. The molecule has 2 fully saturated rings. The Hall–Kier alpha value is -1.28. The van der Waals surface area contributed by atoms with Gasteiger partial charge in [-0.2, -0.15) is 0 Å². The molecule has 0 radical (unpaired) electrons. The molecule has 1 N–H and O–H groups in total. The number of rotatable bonds is 5. The summed E-state index contributed by atoms with van der Waals surface area (Å²) in [6.45, 7) is 5.05. The number of thiophene rings is 1. The Morgan fingerprint density at radius 3 is 3.17 bits per heavy atom. The van der Waals surface area contributed by atoms with Crippen molar-refractivity contribution in [1.82, 2.24) is 15.2 Å². The Morgan fingerprint density at radius 2 is 2.42 bits per heavy atom. The number of thiazole rings is 1. The van der Waals surface area contributed by atoms with Crippen molar-refractivity contribution < 1.29 is 9.53 Å². The molecule has 2 aliphatic rings. The molecule has 0 aliphatic carbocycles. The Labute approximate surface area is 149 Å². The lowest BCUT2D eigenvalue weighted by Crippen LogP contribution is -2.37. The molecular formula is C17H21N3O2S2. The zero-order chi connectivity index (χ0) is 16.5. The number of ether oxygens (including phenoxy) is 1. The summed E-state index contributed by atoms with van der Waals surface area (Å²) in [5, 5.41) is 5.12. The summed E-state index contributed by atoms with van der Waals surface area (Å²) in [6.07, 6.45) is 1.04. The van der Waals surface area contributed by atoms with E-state index in [1.807, 2.05) is 23.0 Å². The Morgan fingerprint density at radius 1 is 1.50 bits per heavy atom. The van der Waals surface area contributed by atoms with Gasteiger partial charge >= 0.3 is 0 Å². The van der Waals surface area contributed by atoms with Crippen LogP contribution in [-0.4, -0.2) is 41.1 Å². The molecule has 0 spiro atoms. The average molecular weight is 364 g/mol. The minimum absolute atomic E-state index is 0.0292. The molecule has 0 bridgehead atoms. The molecule has 4 heterocycles. The van der Waals surface area contributed by atoms with E-state index in [0.29, 0.717) is 12.6 Å². The van der Waals surface area contributed by atoms with Crippen LogP contribution in [0, 0.1) is 12.8 Å². The first-order valence-electron chi connectivity index (χ1n) is 8.27. The molecular weight excluding hydrogens is 342 g/mol. The minimum atomic E-state index is -0.0781. The summed E-state index contributed by atoms with van der Waals surface area (Å²) in [6, 6.07) is 4.41. The zero-order valence-electron chi connectivity index (χ0n) is 13.6. The first-order chi connectivity index (χ1) is 11.7. The van der Waals surface area contributed by atoms with Gasteiger partial charge in [0.1, 0.15) is 0 Å². The monoisotopic (exact) mass is 363 g/mol. The fourth-order valence-electron chi connectivity index (χ4n) is 3.66. The fourth-order valence-corrected chi connectivity index (χ4v) is 5.11. The smallest absolute Gasteiger partial charge is 0.227 e. The third-order valence-electron chi connectivity index (χ3n) is 4.95. The van der Waals surface area contributed by atoms with Gasteiger partial charge in [-0.05, 0) is 24.8 Å². The lowest BCUT2D eigenvalue weighted by Gasteiger charge is -2.21. The fraction of sp³-hybridized carbons (Fsp3) is 0.529. The zero-order valence-corrected chi connectivity index (χ0v) is 15.2. The van der Waals surface area contributed by atoms with Crippen molar-refractivity contribution in [3.05, 3.63) is 38.5 Å². The van der Waals surface area contributed by atoms with Crippen molar-refractivity contribution >= 4 is 28.6 Å². The molecule has 0 unspecified atom stereocenters. The summed E-state index contributed by atoms with van der Waals surface area (Å²) in [7, 11) is 0. The van der Waals surface area contributed by atoms with Crippen LogP contribution in [0.1, 0.15) is 21.9 Å². The highest BCUT2D eigenvalue weighted by molar-refractivity contribution is 7.10. The van der Waals surface area contributed by atoms with Crippen LogP contribution in [0.3, 0.4) is 0 Å². The van der Waals surface area contributed by atoms with Gasteiger partial charge in [-0.3, -0.25) is 9.69 Å². The summed E-state index contributed by atoms with van der Waals surface area (Å²) in [5.74, 6) is 0.0366. The second-order valence-corrected chi connectivity index (χ2v) is 8.36. The molecule has 2 saturated heterocycles. The molecule has 1 amide bonds. The van der Waals surface area contributed by atoms with E-state index in [2.05, 4.69) is 22.1 Å². The van der Waals surface area contributed by atoms with E-state index in [1.54, 1.807) is 22.7 Å². The predicted molar refractivity (Wildman–Crippen MR) is 95.1 cm³/mol. The Kier molecular flexibility index (Phi) is 4.67. The predicted octanol–water partition coefficient (Wildman–Crippen LogP) is 2.42. The average Bonchev–Trinajstić information content (AvgIpc) is 3.32. The summed E-state index contributed by atoms with van der Waals surface area (Å²) < 4.78 is 5.92. The van der Waals surface area contributed by atoms with Crippen molar-refractivity contribution in [2.75, 3.05) is 13.2 Å². The lowest BCUT2D eigenvalue weighted by molar-refractivity contribution is -0.127. The van der Waals surface area contributed by atoms with Crippen LogP contribution in [0.4, 0.5) is 0 Å². The third kappa shape index (κ3) is 3.13. The second kappa shape index (κ2) is 6.92. The number of aryl methyl sites for hydroxylation is 1. The van der Waals surface area contributed by atoms with Gasteiger partial charge in [0, 0.05) is 35.5 Å².